The number of amides is 1. The van der Waals surface area contributed by atoms with Crippen molar-refractivity contribution in [3.05, 3.63) is 64.7 Å². The normalized spacial score (nSPS) is 20.1. The van der Waals surface area contributed by atoms with Crippen molar-refractivity contribution in [2.75, 3.05) is 0 Å². The van der Waals surface area contributed by atoms with E-state index in [-0.39, 0.29) is 28.6 Å². The second-order valence-corrected chi connectivity index (χ2v) is 5.95. The van der Waals surface area contributed by atoms with Crippen molar-refractivity contribution in [1.29, 1.82) is 0 Å². The molecule has 0 aromatic heterocycles. The lowest BCUT2D eigenvalue weighted by molar-refractivity contribution is 0.0934. The predicted octanol–water partition coefficient (Wildman–Crippen LogP) is 3.34. The van der Waals surface area contributed by atoms with Crippen molar-refractivity contribution < 1.29 is 9.90 Å². The lowest BCUT2D eigenvalue weighted by Gasteiger charge is -2.18. The molecule has 3 rings (SSSR count). The van der Waals surface area contributed by atoms with Crippen LogP contribution in [0.15, 0.2) is 42.5 Å². The summed E-state index contributed by atoms with van der Waals surface area (Å²) in [5.74, 6) is -0.320. The van der Waals surface area contributed by atoms with Crippen LogP contribution in [0.1, 0.15) is 33.1 Å². The average Bonchev–Trinajstić information content (AvgIpc) is 2.78. The SMILES string of the molecule is Cc1ccc(O)c(C(=O)NC2c3ccccc3CC2Cl)c1. The van der Waals surface area contributed by atoms with Gasteiger partial charge in [-0.25, -0.2) is 0 Å². The van der Waals surface area contributed by atoms with Crippen LogP contribution in [0.5, 0.6) is 5.75 Å². The predicted molar refractivity (Wildman–Crippen MR) is 82.8 cm³/mol. The molecule has 0 radical (unpaired) electrons. The molecule has 2 aromatic carbocycles. The van der Waals surface area contributed by atoms with Crippen LogP contribution in [0.25, 0.3) is 0 Å². The summed E-state index contributed by atoms with van der Waals surface area (Å²) in [6.45, 7) is 1.88. The first-order chi connectivity index (χ1) is 10.1. The van der Waals surface area contributed by atoms with Gasteiger partial charge in [-0.15, -0.1) is 11.6 Å². The number of halogens is 1. The molecule has 0 aliphatic heterocycles. The number of carbonyl (C=O) groups excluding carboxylic acids is 1. The first-order valence-electron chi connectivity index (χ1n) is 6.88. The molecule has 3 nitrogen and oxygen atoms in total. The second-order valence-electron chi connectivity index (χ2n) is 5.39. The molecule has 1 amide bonds. The third kappa shape index (κ3) is 2.61. The van der Waals surface area contributed by atoms with Gasteiger partial charge in [0.25, 0.3) is 5.91 Å². The van der Waals surface area contributed by atoms with Crippen LogP contribution >= 0.6 is 11.6 Å². The summed E-state index contributed by atoms with van der Waals surface area (Å²) in [5, 5.41) is 12.6. The summed E-state index contributed by atoms with van der Waals surface area (Å²) >= 11 is 6.37. The molecule has 0 saturated heterocycles. The maximum Gasteiger partial charge on any atom is 0.255 e. The Morgan fingerprint density at radius 3 is 2.86 bits per heavy atom. The van der Waals surface area contributed by atoms with Crippen LogP contribution in [0, 0.1) is 6.92 Å². The summed E-state index contributed by atoms with van der Waals surface area (Å²) in [6, 6.07) is 12.7. The maximum absolute atomic E-state index is 12.4. The number of fused-ring (bicyclic) bond motifs is 1. The topological polar surface area (TPSA) is 49.3 Å². The van der Waals surface area contributed by atoms with Crippen molar-refractivity contribution in [3.63, 3.8) is 0 Å². The van der Waals surface area contributed by atoms with Gasteiger partial charge < -0.3 is 10.4 Å². The fourth-order valence-electron chi connectivity index (χ4n) is 2.77. The molecule has 0 saturated carbocycles. The number of benzene rings is 2. The van der Waals surface area contributed by atoms with Gasteiger partial charge in [0.15, 0.2) is 0 Å². The number of phenolic OH excluding ortho intramolecular Hbond substituents is 1. The molecule has 21 heavy (non-hydrogen) atoms. The van der Waals surface area contributed by atoms with E-state index in [0.717, 1.165) is 23.1 Å². The van der Waals surface area contributed by atoms with Crippen LogP contribution in [0.4, 0.5) is 0 Å². The largest absolute Gasteiger partial charge is 0.507 e. The second kappa shape index (κ2) is 5.41. The Kier molecular flexibility index (Phi) is 3.60. The molecule has 2 unspecified atom stereocenters. The molecular weight excluding hydrogens is 286 g/mol. The number of alkyl halides is 1. The molecule has 2 atom stereocenters. The molecule has 2 aromatic rings. The van der Waals surface area contributed by atoms with Crippen LogP contribution < -0.4 is 5.32 Å². The molecule has 0 spiro atoms. The van der Waals surface area contributed by atoms with E-state index in [1.54, 1.807) is 12.1 Å². The zero-order valence-corrected chi connectivity index (χ0v) is 12.4. The highest BCUT2D eigenvalue weighted by molar-refractivity contribution is 6.21. The number of hydrogen-bond acceptors (Lipinski definition) is 2. The smallest absolute Gasteiger partial charge is 0.255 e. The van der Waals surface area contributed by atoms with E-state index < -0.39 is 0 Å². The Morgan fingerprint density at radius 1 is 1.29 bits per heavy atom. The summed E-state index contributed by atoms with van der Waals surface area (Å²) in [7, 11) is 0. The third-order valence-corrected chi connectivity index (χ3v) is 4.26. The molecule has 4 heteroatoms. The molecular formula is C17H16ClNO2. The highest BCUT2D eigenvalue weighted by atomic mass is 35.5. The lowest BCUT2D eigenvalue weighted by atomic mass is 10.1. The van der Waals surface area contributed by atoms with Gasteiger partial charge in [-0.05, 0) is 36.6 Å². The maximum atomic E-state index is 12.4. The standard InChI is InChI=1S/C17H16ClNO2/c1-10-6-7-15(20)13(8-10)17(21)19-16-12-5-3-2-4-11(12)9-14(16)18/h2-8,14,16,20H,9H2,1H3,(H,19,21). The van der Waals surface area contributed by atoms with Crippen LogP contribution in [0.3, 0.4) is 0 Å². The number of carbonyl (C=O) groups is 1. The quantitative estimate of drug-likeness (QED) is 0.836. The van der Waals surface area contributed by atoms with Crippen molar-refractivity contribution in [2.45, 2.75) is 24.8 Å². The summed E-state index contributed by atoms with van der Waals surface area (Å²) in [6.07, 6.45) is 0.739. The number of rotatable bonds is 2. The fraction of sp³-hybridized carbons (Fsp3) is 0.235. The molecule has 1 aliphatic rings. The fourth-order valence-corrected chi connectivity index (χ4v) is 3.13. The highest BCUT2D eigenvalue weighted by Crippen LogP contribution is 2.35. The molecule has 0 heterocycles. The molecule has 0 bridgehead atoms. The Bertz CT molecular complexity index is 699. The third-order valence-electron chi connectivity index (χ3n) is 3.85. The van der Waals surface area contributed by atoms with E-state index in [2.05, 4.69) is 5.32 Å². The number of phenols is 1. The van der Waals surface area contributed by atoms with Gasteiger partial charge in [0.1, 0.15) is 5.75 Å². The number of nitrogens with one attached hydrogen (secondary N) is 1. The van der Waals surface area contributed by atoms with E-state index >= 15 is 0 Å². The van der Waals surface area contributed by atoms with Gasteiger partial charge in [0.05, 0.1) is 17.0 Å². The van der Waals surface area contributed by atoms with Gasteiger partial charge in [-0.1, -0.05) is 35.9 Å². The van der Waals surface area contributed by atoms with Gasteiger partial charge in [0, 0.05) is 0 Å². The summed E-state index contributed by atoms with van der Waals surface area (Å²) in [4.78, 5) is 12.4. The first kappa shape index (κ1) is 14.0. The Morgan fingerprint density at radius 2 is 2.05 bits per heavy atom. The van der Waals surface area contributed by atoms with Gasteiger partial charge in [0.2, 0.25) is 0 Å². The Hall–Kier alpha value is -2.00. The van der Waals surface area contributed by atoms with Gasteiger partial charge in [-0.2, -0.15) is 0 Å². The van der Waals surface area contributed by atoms with E-state index in [0.29, 0.717) is 0 Å². The molecule has 2 N–H and O–H groups in total. The van der Waals surface area contributed by atoms with E-state index in [9.17, 15) is 9.90 Å². The van der Waals surface area contributed by atoms with Crippen molar-refractivity contribution >= 4 is 17.5 Å². The number of aromatic hydroxyl groups is 1. The van der Waals surface area contributed by atoms with E-state index in [1.807, 2.05) is 31.2 Å². The van der Waals surface area contributed by atoms with Gasteiger partial charge >= 0.3 is 0 Å². The zero-order chi connectivity index (χ0) is 15.0. The van der Waals surface area contributed by atoms with Crippen LogP contribution in [-0.2, 0) is 6.42 Å². The van der Waals surface area contributed by atoms with E-state index in [4.69, 9.17) is 11.6 Å². The first-order valence-corrected chi connectivity index (χ1v) is 7.32. The Balaban J connectivity index is 1.87. The summed E-state index contributed by atoms with van der Waals surface area (Å²) in [5.41, 5.74) is 3.42. The summed E-state index contributed by atoms with van der Waals surface area (Å²) < 4.78 is 0. The average molecular weight is 302 g/mol. The highest BCUT2D eigenvalue weighted by Gasteiger charge is 2.32. The molecule has 108 valence electrons. The minimum absolute atomic E-state index is 0.0181. The monoisotopic (exact) mass is 301 g/mol. The number of aryl methyl sites for hydroxylation is 1. The van der Waals surface area contributed by atoms with Crippen LogP contribution in [0.2, 0.25) is 0 Å². The molecule has 0 fully saturated rings. The minimum Gasteiger partial charge on any atom is -0.507 e. The van der Waals surface area contributed by atoms with Crippen molar-refractivity contribution in [3.8, 4) is 5.75 Å². The van der Waals surface area contributed by atoms with Crippen molar-refractivity contribution in [2.24, 2.45) is 0 Å². The van der Waals surface area contributed by atoms with E-state index in [1.165, 1.54) is 6.07 Å². The van der Waals surface area contributed by atoms with Gasteiger partial charge in [-0.3, -0.25) is 4.79 Å². The molecule has 1 aliphatic carbocycles. The Labute approximate surface area is 128 Å². The zero-order valence-electron chi connectivity index (χ0n) is 11.6. The number of hydrogen-bond donors (Lipinski definition) is 2. The lowest BCUT2D eigenvalue weighted by Crippen LogP contribution is -2.31. The van der Waals surface area contributed by atoms with Crippen LogP contribution in [-0.4, -0.2) is 16.4 Å². The minimum atomic E-state index is -0.302. The van der Waals surface area contributed by atoms with Crippen molar-refractivity contribution in [1.82, 2.24) is 5.32 Å².